The molecule has 1 aliphatic heterocycles. The minimum atomic E-state index is -2.64. The highest BCUT2D eigenvalue weighted by atomic mass is 31.2. The summed E-state index contributed by atoms with van der Waals surface area (Å²) in [6, 6.07) is 20.0. The van der Waals surface area contributed by atoms with Crippen molar-refractivity contribution < 1.29 is 9.09 Å². The fraction of sp³-hybridized carbons (Fsp3) is 0.176. The standard InChI is InChI=1S/C17H17O2P/c18-20(19-13-15-7-3-1-4-8-15)12-11-17(14-20)16-9-5-2-6-10-16/h1-12,17H,13-14H2/t17-,20+/m0/s1. The van der Waals surface area contributed by atoms with Gasteiger partial charge in [-0.05, 0) is 16.9 Å². The molecule has 3 heteroatoms. The molecule has 3 rings (SSSR count). The van der Waals surface area contributed by atoms with E-state index in [1.807, 2.05) is 54.6 Å². The second-order valence-corrected chi connectivity index (χ2v) is 7.40. The second kappa shape index (κ2) is 5.78. The van der Waals surface area contributed by atoms with Crippen LogP contribution in [-0.2, 0) is 15.7 Å². The largest absolute Gasteiger partial charge is 0.321 e. The highest BCUT2D eigenvalue weighted by molar-refractivity contribution is 7.62. The summed E-state index contributed by atoms with van der Waals surface area (Å²) < 4.78 is 18.4. The first kappa shape index (κ1) is 13.4. The summed E-state index contributed by atoms with van der Waals surface area (Å²) in [5.74, 6) is 1.98. The van der Waals surface area contributed by atoms with Crippen molar-refractivity contribution in [3.8, 4) is 0 Å². The van der Waals surface area contributed by atoms with Gasteiger partial charge in [0.2, 0.25) is 7.37 Å². The van der Waals surface area contributed by atoms with Gasteiger partial charge in [0.05, 0.1) is 6.61 Å². The van der Waals surface area contributed by atoms with Gasteiger partial charge in [-0.25, -0.2) is 0 Å². The number of rotatable bonds is 4. The van der Waals surface area contributed by atoms with Crippen LogP contribution in [-0.4, -0.2) is 6.16 Å². The van der Waals surface area contributed by atoms with Gasteiger partial charge in [0.1, 0.15) is 0 Å². The summed E-state index contributed by atoms with van der Waals surface area (Å²) in [5.41, 5.74) is 2.25. The molecule has 0 unspecified atom stereocenters. The van der Waals surface area contributed by atoms with Crippen molar-refractivity contribution in [2.75, 3.05) is 6.16 Å². The van der Waals surface area contributed by atoms with E-state index in [2.05, 4.69) is 12.1 Å². The maximum atomic E-state index is 12.7. The monoisotopic (exact) mass is 284 g/mol. The van der Waals surface area contributed by atoms with Crippen molar-refractivity contribution in [1.82, 2.24) is 0 Å². The minimum absolute atomic E-state index is 0.206. The molecule has 0 amide bonds. The Bertz CT molecular complexity index is 635. The zero-order chi connectivity index (χ0) is 13.8. The molecule has 1 aliphatic rings. The third-order valence-corrected chi connectivity index (χ3v) is 5.61. The summed E-state index contributed by atoms with van der Waals surface area (Å²) in [5, 5.41) is 0. The Morgan fingerprint density at radius 3 is 2.35 bits per heavy atom. The lowest BCUT2D eigenvalue weighted by atomic mass is 10.0. The molecule has 2 nitrogen and oxygen atoms in total. The smallest absolute Gasteiger partial charge is 0.226 e. The molecule has 20 heavy (non-hydrogen) atoms. The highest BCUT2D eigenvalue weighted by Crippen LogP contribution is 2.57. The van der Waals surface area contributed by atoms with Gasteiger partial charge in [-0.15, -0.1) is 0 Å². The molecule has 0 N–H and O–H groups in total. The maximum absolute atomic E-state index is 12.7. The molecule has 0 spiro atoms. The Morgan fingerprint density at radius 1 is 1.00 bits per heavy atom. The van der Waals surface area contributed by atoms with E-state index in [1.165, 1.54) is 5.56 Å². The molecular formula is C17H17O2P. The first-order valence-corrected chi connectivity index (χ1v) is 8.65. The van der Waals surface area contributed by atoms with Crippen LogP contribution >= 0.6 is 7.37 Å². The number of allylic oxidation sites excluding steroid dienone is 1. The Hall–Kier alpha value is -1.63. The van der Waals surface area contributed by atoms with Crippen LogP contribution in [0, 0.1) is 0 Å². The van der Waals surface area contributed by atoms with Crippen molar-refractivity contribution in [3.63, 3.8) is 0 Å². The topological polar surface area (TPSA) is 26.3 Å². The third kappa shape index (κ3) is 3.09. The summed E-state index contributed by atoms with van der Waals surface area (Å²) >= 11 is 0. The zero-order valence-electron chi connectivity index (χ0n) is 11.2. The quantitative estimate of drug-likeness (QED) is 0.754. The van der Waals surface area contributed by atoms with E-state index < -0.39 is 7.37 Å². The average molecular weight is 284 g/mol. The van der Waals surface area contributed by atoms with E-state index in [1.54, 1.807) is 5.82 Å². The van der Waals surface area contributed by atoms with Gasteiger partial charge in [0.25, 0.3) is 0 Å². The van der Waals surface area contributed by atoms with Crippen molar-refractivity contribution >= 4 is 7.37 Å². The van der Waals surface area contributed by atoms with Gasteiger partial charge < -0.3 is 4.52 Å². The minimum Gasteiger partial charge on any atom is -0.321 e. The van der Waals surface area contributed by atoms with Gasteiger partial charge in [0, 0.05) is 12.1 Å². The first-order chi connectivity index (χ1) is 9.75. The highest BCUT2D eigenvalue weighted by Gasteiger charge is 2.30. The fourth-order valence-electron chi connectivity index (χ4n) is 2.40. The van der Waals surface area contributed by atoms with E-state index in [9.17, 15) is 4.57 Å². The van der Waals surface area contributed by atoms with Gasteiger partial charge in [0.15, 0.2) is 0 Å². The number of hydrogen-bond acceptors (Lipinski definition) is 2. The van der Waals surface area contributed by atoms with E-state index >= 15 is 0 Å². The molecule has 2 aromatic rings. The Labute approximate surface area is 119 Å². The van der Waals surface area contributed by atoms with E-state index in [4.69, 9.17) is 4.52 Å². The van der Waals surface area contributed by atoms with Gasteiger partial charge >= 0.3 is 0 Å². The Balaban J connectivity index is 1.64. The second-order valence-electron chi connectivity index (χ2n) is 5.03. The summed E-state index contributed by atoms with van der Waals surface area (Å²) in [4.78, 5) is 0. The number of hydrogen-bond donors (Lipinski definition) is 0. The molecule has 0 bridgehead atoms. The molecule has 1 heterocycles. The van der Waals surface area contributed by atoms with Crippen LogP contribution in [0.15, 0.2) is 72.6 Å². The van der Waals surface area contributed by atoms with Crippen molar-refractivity contribution in [2.45, 2.75) is 12.5 Å². The van der Waals surface area contributed by atoms with Crippen molar-refractivity contribution in [1.29, 1.82) is 0 Å². The van der Waals surface area contributed by atoms with Crippen LogP contribution in [0.25, 0.3) is 0 Å². The average Bonchev–Trinajstić information content (AvgIpc) is 2.90. The SMILES string of the molecule is O=[P@@]1(OCc2ccccc2)C=C[C@H](c2ccccc2)C1. The molecule has 0 radical (unpaired) electrons. The molecule has 0 saturated carbocycles. The van der Waals surface area contributed by atoms with Gasteiger partial charge in [-0.1, -0.05) is 66.7 Å². The van der Waals surface area contributed by atoms with Gasteiger partial charge in [-0.2, -0.15) is 0 Å². The third-order valence-electron chi connectivity index (χ3n) is 3.52. The zero-order valence-corrected chi connectivity index (χ0v) is 12.1. The Kier molecular flexibility index (Phi) is 3.86. The van der Waals surface area contributed by atoms with E-state index in [0.29, 0.717) is 12.8 Å². The van der Waals surface area contributed by atoms with Crippen LogP contribution < -0.4 is 0 Å². The predicted octanol–water partition coefficient (Wildman–Crippen LogP) is 4.79. The normalized spacial score (nSPS) is 24.9. The predicted molar refractivity (Wildman–Crippen MR) is 82.0 cm³/mol. The molecule has 0 aliphatic carbocycles. The summed E-state index contributed by atoms with van der Waals surface area (Å²) in [7, 11) is -2.64. The molecule has 2 atom stereocenters. The summed E-state index contributed by atoms with van der Waals surface area (Å²) in [6.45, 7) is 0.407. The maximum Gasteiger partial charge on any atom is 0.226 e. The first-order valence-electron chi connectivity index (χ1n) is 6.77. The van der Waals surface area contributed by atoms with E-state index in [0.717, 1.165) is 5.56 Å². The van der Waals surface area contributed by atoms with Crippen LogP contribution in [0.5, 0.6) is 0 Å². The summed E-state index contributed by atoms with van der Waals surface area (Å²) in [6.07, 6.45) is 2.59. The van der Waals surface area contributed by atoms with Crippen LogP contribution in [0.2, 0.25) is 0 Å². The van der Waals surface area contributed by atoms with Crippen LogP contribution in [0.1, 0.15) is 17.0 Å². The molecular weight excluding hydrogens is 267 g/mol. The van der Waals surface area contributed by atoms with Crippen LogP contribution in [0.3, 0.4) is 0 Å². The lowest BCUT2D eigenvalue weighted by Crippen LogP contribution is -1.98. The lowest BCUT2D eigenvalue weighted by Gasteiger charge is -2.14. The molecule has 2 aromatic carbocycles. The van der Waals surface area contributed by atoms with Crippen molar-refractivity contribution in [2.24, 2.45) is 0 Å². The number of benzene rings is 2. The molecule has 0 fully saturated rings. The lowest BCUT2D eigenvalue weighted by molar-refractivity contribution is 0.309. The van der Waals surface area contributed by atoms with Crippen molar-refractivity contribution in [3.05, 3.63) is 83.7 Å². The van der Waals surface area contributed by atoms with E-state index in [-0.39, 0.29) is 5.92 Å². The molecule has 0 saturated heterocycles. The molecule has 102 valence electrons. The van der Waals surface area contributed by atoms with Gasteiger partial charge in [-0.3, -0.25) is 4.57 Å². The molecule has 0 aromatic heterocycles. The Morgan fingerprint density at radius 2 is 1.65 bits per heavy atom. The fourth-order valence-corrected chi connectivity index (χ4v) is 4.43. The van der Waals surface area contributed by atoms with Crippen LogP contribution in [0.4, 0.5) is 0 Å².